The van der Waals surface area contributed by atoms with Crippen LogP contribution >= 0.6 is 11.8 Å². The summed E-state index contributed by atoms with van der Waals surface area (Å²) in [6.45, 7) is 8.73. The lowest BCUT2D eigenvalue weighted by atomic mass is 9.75. The molecule has 3 aliphatic rings. The highest BCUT2D eigenvalue weighted by atomic mass is 32.2. The van der Waals surface area contributed by atoms with Gasteiger partial charge >= 0.3 is 6.09 Å². The monoisotopic (exact) mass is 515 g/mol. The molecule has 0 spiro atoms. The Balaban J connectivity index is 1.47. The molecule has 2 aromatic rings. The predicted octanol–water partition coefficient (Wildman–Crippen LogP) is 5.59. The van der Waals surface area contributed by atoms with Crippen molar-refractivity contribution in [2.24, 2.45) is 0 Å². The van der Waals surface area contributed by atoms with Gasteiger partial charge in [-0.05, 0) is 56.9 Å². The summed E-state index contributed by atoms with van der Waals surface area (Å²) in [6.07, 6.45) is 2.62. The van der Waals surface area contributed by atoms with E-state index in [4.69, 9.17) is 13.9 Å². The van der Waals surface area contributed by atoms with Gasteiger partial charge in [0.15, 0.2) is 19.5 Å². The molecular weight excluding hydrogens is 486 g/mol. The second-order valence-corrected chi connectivity index (χ2v) is 15.6. The van der Waals surface area contributed by atoms with Crippen molar-refractivity contribution in [3.05, 3.63) is 72.3 Å². The summed E-state index contributed by atoms with van der Waals surface area (Å²) >= 11 is 1.65. The minimum Gasteiger partial charge on any atom is -0.448 e. The largest absolute Gasteiger partial charge is 0.448 e. The molecule has 0 N–H and O–H groups in total. The first-order valence-electron chi connectivity index (χ1n) is 12.1. The van der Waals surface area contributed by atoms with Gasteiger partial charge in [-0.3, -0.25) is 4.90 Å². The van der Waals surface area contributed by atoms with Crippen LogP contribution in [0, 0.1) is 23.7 Å². The van der Waals surface area contributed by atoms with Gasteiger partial charge in [-0.15, -0.1) is 11.8 Å². The van der Waals surface area contributed by atoms with Gasteiger partial charge in [0, 0.05) is 16.2 Å². The van der Waals surface area contributed by atoms with Crippen LogP contribution < -0.4 is 4.90 Å². The molecule has 0 saturated carbocycles. The molecule has 36 heavy (non-hydrogen) atoms. The van der Waals surface area contributed by atoms with E-state index in [-0.39, 0.29) is 12.7 Å². The molecule has 0 radical (unpaired) electrons. The third-order valence-electron chi connectivity index (χ3n) is 6.31. The van der Waals surface area contributed by atoms with Crippen molar-refractivity contribution in [1.82, 2.24) is 0 Å². The minimum absolute atomic E-state index is 0.287. The first-order valence-corrected chi connectivity index (χ1v) is 16.4. The Morgan fingerprint density at radius 2 is 1.81 bits per heavy atom. The van der Waals surface area contributed by atoms with Gasteiger partial charge in [-0.25, -0.2) is 4.79 Å². The van der Waals surface area contributed by atoms with Crippen molar-refractivity contribution >= 4 is 31.9 Å². The van der Waals surface area contributed by atoms with Gasteiger partial charge in [-0.1, -0.05) is 60.1 Å². The van der Waals surface area contributed by atoms with Crippen molar-refractivity contribution in [3.63, 3.8) is 0 Å². The van der Waals surface area contributed by atoms with Crippen LogP contribution in [0.4, 0.5) is 10.5 Å². The number of allylic oxidation sites excluding steroid dienone is 2. The number of carbonyl (C=O) groups is 1. The molecule has 5 rings (SSSR count). The third-order valence-corrected chi connectivity index (χ3v) is 8.31. The number of ether oxygens (including phenoxy) is 2. The van der Waals surface area contributed by atoms with Crippen LogP contribution in [0.2, 0.25) is 19.6 Å². The summed E-state index contributed by atoms with van der Waals surface area (Å²) in [5, 5.41) is 0. The van der Waals surface area contributed by atoms with Crippen molar-refractivity contribution in [1.29, 1.82) is 0 Å². The van der Waals surface area contributed by atoms with Crippen LogP contribution in [-0.2, 0) is 19.5 Å². The zero-order valence-electron chi connectivity index (χ0n) is 20.9. The molecule has 0 unspecified atom stereocenters. The number of nitrogens with zero attached hydrogens (tertiary/aromatic N) is 1. The number of benzene rings is 2. The molecule has 2 bridgehead atoms. The summed E-state index contributed by atoms with van der Waals surface area (Å²) in [6, 6.07) is 17.3. The maximum absolute atomic E-state index is 13.5. The van der Waals surface area contributed by atoms with Crippen LogP contribution in [0.1, 0.15) is 12.5 Å². The highest BCUT2D eigenvalue weighted by Crippen LogP contribution is 2.62. The lowest BCUT2D eigenvalue weighted by Gasteiger charge is -2.42. The fourth-order valence-corrected chi connectivity index (χ4v) is 7.20. The zero-order chi connectivity index (χ0) is 25.4. The molecular formula is C29H29NO4SSi. The smallest absolute Gasteiger partial charge is 0.415 e. The second kappa shape index (κ2) is 9.50. The maximum Gasteiger partial charge on any atom is 0.415 e. The summed E-state index contributed by atoms with van der Waals surface area (Å²) < 4.78 is 19.0. The van der Waals surface area contributed by atoms with E-state index in [1.807, 2.05) is 61.5 Å². The van der Waals surface area contributed by atoms with Gasteiger partial charge in [-0.2, -0.15) is 0 Å². The van der Waals surface area contributed by atoms with E-state index in [2.05, 4.69) is 43.3 Å². The number of rotatable bonds is 6. The molecule has 0 aromatic heterocycles. The van der Waals surface area contributed by atoms with E-state index < -0.39 is 31.7 Å². The Kier molecular flexibility index (Phi) is 6.53. The first-order chi connectivity index (χ1) is 17.3. The molecule has 1 saturated heterocycles. The maximum atomic E-state index is 13.5. The standard InChI is InChI=1S/C29H29NO4SSi/c1-28(34-36(2,3)4)19-13-6-5-10-18-25-26-29(28,33-26)23-16-11-12-17-24(23)30(25)27(31)32-20-21-35-22-14-8-7-9-15-22/h5-9,11-12,14-17,25-26H,20-21H2,1-4H3/b6-5-/t25-,26-,28+,29+/m0/s1. The van der Waals surface area contributed by atoms with E-state index >= 15 is 0 Å². The Bertz CT molecular complexity index is 1320. The number of hydrogen-bond acceptors (Lipinski definition) is 5. The van der Waals surface area contributed by atoms with E-state index in [0.717, 1.165) is 16.1 Å². The SMILES string of the molecule is C[C@@]1(O[Si](C)(C)C)C#C/C=C\C#C[C@H]2[C@@H]3O[C@]31c1ccccc1N2C(=O)OCCSc1ccccc1. The number of amides is 1. The second-order valence-electron chi connectivity index (χ2n) is 10.0. The van der Waals surface area contributed by atoms with E-state index in [1.54, 1.807) is 28.8 Å². The number of epoxide rings is 1. The fourth-order valence-electron chi connectivity index (χ4n) is 5.02. The lowest BCUT2D eigenvalue weighted by molar-refractivity contribution is 0.0430. The van der Waals surface area contributed by atoms with E-state index in [0.29, 0.717) is 5.75 Å². The molecule has 1 fully saturated rings. The average Bonchev–Trinajstić information content (AvgIpc) is 3.61. The molecule has 4 atom stereocenters. The number of fused-ring (bicyclic) bond motifs is 1. The molecule has 7 heteroatoms. The van der Waals surface area contributed by atoms with Crippen molar-refractivity contribution in [3.8, 4) is 23.7 Å². The van der Waals surface area contributed by atoms with Gasteiger partial charge in [0.05, 0.1) is 5.69 Å². The summed E-state index contributed by atoms with van der Waals surface area (Å²) in [5.41, 5.74) is -0.116. The Morgan fingerprint density at radius 3 is 2.58 bits per heavy atom. The molecule has 184 valence electrons. The molecule has 1 amide bonds. The molecule has 2 heterocycles. The Morgan fingerprint density at radius 1 is 1.08 bits per heavy atom. The summed E-state index contributed by atoms with van der Waals surface area (Å²) in [5.74, 6) is 13.4. The number of thioether (sulfide) groups is 1. The van der Waals surface area contributed by atoms with Crippen LogP contribution in [0.5, 0.6) is 0 Å². The van der Waals surface area contributed by atoms with Gasteiger partial charge < -0.3 is 13.9 Å². The first kappa shape index (κ1) is 24.7. The summed E-state index contributed by atoms with van der Waals surface area (Å²) in [7, 11) is -2.02. The van der Waals surface area contributed by atoms with E-state index in [1.165, 1.54) is 0 Å². The fraction of sp³-hybridized carbons (Fsp3) is 0.345. The average molecular weight is 516 g/mol. The molecule has 5 nitrogen and oxygen atoms in total. The zero-order valence-corrected chi connectivity index (χ0v) is 22.7. The quantitative estimate of drug-likeness (QED) is 0.165. The normalized spacial score (nSPS) is 28.3. The van der Waals surface area contributed by atoms with Crippen molar-refractivity contribution in [2.45, 2.75) is 54.8 Å². The lowest BCUT2D eigenvalue weighted by Crippen LogP contribution is -2.56. The summed E-state index contributed by atoms with van der Waals surface area (Å²) in [4.78, 5) is 16.3. The minimum atomic E-state index is -2.02. The van der Waals surface area contributed by atoms with Gasteiger partial charge in [0.25, 0.3) is 0 Å². The highest BCUT2D eigenvalue weighted by Gasteiger charge is 2.75. The third kappa shape index (κ3) is 4.49. The Labute approximate surface area is 218 Å². The number of hydrogen-bond donors (Lipinski definition) is 0. The van der Waals surface area contributed by atoms with Crippen LogP contribution in [0.3, 0.4) is 0 Å². The molecule has 1 aliphatic carbocycles. The van der Waals surface area contributed by atoms with Crippen molar-refractivity contribution < 1.29 is 18.7 Å². The van der Waals surface area contributed by atoms with Crippen LogP contribution in [-0.4, -0.2) is 44.5 Å². The highest BCUT2D eigenvalue weighted by molar-refractivity contribution is 7.99. The Hall–Kier alpha value is -2.94. The van der Waals surface area contributed by atoms with Gasteiger partial charge in [0.1, 0.15) is 18.8 Å². The van der Waals surface area contributed by atoms with Gasteiger partial charge in [0.2, 0.25) is 0 Å². The van der Waals surface area contributed by atoms with Crippen molar-refractivity contribution in [2.75, 3.05) is 17.3 Å². The van der Waals surface area contributed by atoms with Crippen LogP contribution in [0.25, 0.3) is 0 Å². The topological polar surface area (TPSA) is 51.3 Å². The van der Waals surface area contributed by atoms with Crippen LogP contribution in [0.15, 0.2) is 71.6 Å². The number of anilines is 1. The molecule has 2 aliphatic heterocycles. The van der Waals surface area contributed by atoms with E-state index in [9.17, 15) is 4.79 Å². The molecule has 2 aromatic carbocycles. The number of para-hydroxylation sites is 1. The number of carbonyl (C=O) groups excluding carboxylic acids is 1. The predicted molar refractivity (Wildman–Crippen MR) is 145 cm³/mol.